The molecule has 0 amide bonds. The van der Waals surface area contributed by atoms with Crippen LogP contribution in [0, 0.1) is 6.92 Å². The number of ether oxygens (including phenoxy) is 1. The van der Waals surface area contributed by atoms with E-state index in [0.717, 1.165) is 17.1 Å². The van der Waals surface area contributed by atoms with Gasteiger partial charge in [0.1, 0.15) is 11.1 Å². The highest BCUT2D eigenvalue weighted by Crippen LogP contribution is 2.37. The zero-order chi connectivity index (χ0) is 17.3. The molecule has 2 aromatic rings. The van der Waals surface area contributed by atoms with Gasteiger partial charge in [0.2, 0.25) is 5.16 Å². The Morgan fingerprint density at radius 2 is 2.04 bits per heavy atom. The molecule has 0 fully saturated rings. The van der Waals surface area contributed by atoms with Crippen LogP contribution in [0.5, 0.6) is 0 Å². The molecular formula is C16H21N5O2S. The van der Waals surface area contributed by atoms with Gasteiger partial charge < -0.3 is 15.1 Å². The fourth-order valence-electron chi connectivity index (χ4n) is 2.59. The van der Waals surface area contributed by atoms with Gasteiger partial charge in [-0.2, -0.15) is 0 Å². The van der Waals surface area contributed by atoms with Gasteiger partial charge in [0, 0.05) is 19.8 Å². The Labute approximate surface area is 145 Å². The second-order valence-electron chi connectivity index (χ2n) is 5.75. The van der Waals surface area contributed by atoms with Crippen LogP contribution in [0.3, 0.4) is 0 Å². The van der Waals surface area contributed by atoms with Crippen LogP contribution >= 0.6 is 11.8 Å². The molecule has 7 nitrogen and oxygen atoms in total. The van der Waals surface area contributed by atoms with Crippen molar-refractivity contribution in [2.24, 2.45) is 0 Å². The first-order chi connectivity index (χ1) is 11.5. The van der Waals surface area contributed by atoms with Crippen LogP contribution in [-0.4, -0.2) is 46.8 Å². The van der Waals surface area contributed by atoms with E-state index in [2.05, 4.69) is 15.6 Å². The van der Waals surface area contributed by atoms with E-state index in [9.17, 15) is 4.79 Å². The standard InChI is InChI=1S/C16H21N5O2S/c1-5-23-15(22)14-13(11-6-8-12(9-7-11)20(3)4)19-21-10(2)17-18-16(21)24-14/h6-9,13-14,19H,5H2,1-4H3/t13-,14-/m0/s1. The Balaban J connectivity index is 1.95. The van der Waals surface area contributed by atoms with E-state index in [-0.39, 0.29) is 12.0 Å². The molecule has 2 atom stereocenters. The van der Waals surface area contributed by atoms with E-state index in [1.165, 1.54) is 11.8 Å². The average molecular weight is 347 g/mol. The predicted molar refractivity (Wildman–Crippen MR) is 93.9 cm³/mol. The Bertz CT molecular complexity index is 729. The number of hydrogen-bond donors (Lipinski definition) is 1. The molecule has 0 saturated heterocycles. The van der Waals surface area contributed by atoms with Crippen LogP contribution in [0.15, 0.2) is 29.4 Å². The number of aryl methyl sites for hydroxylation is 1. The highest BCUT2D eigenvalue weighted by molar-refractivity contribution is 8.00. The summed E-state index contributed by atoms with van der Waals surface area (Å²) in [5, 5.41) is 8.45. The summed E-state index contributed by atoms with van der Waals surface area (Å²) < 4.78 is 7.08. The van der Waals surface area contributed by atoms with Crippen molar-refractivity contribution in [2.75, 3.05) is 31.0 Å². The van der Waals surface area contributed by atoms with Crippen LogP contribution in [0.4, 0.5) is 5.69 Å². The number of fused-ring (bicyclic) bond motifs is 1. The molecule has 3 rings (SSSR count). The minimum absolute atomic E-state index is 0.215. The van der Waals surface area contributed by atoms with Crippen molar-refractivity contribution in [1.82, 2.24) is 14.9 Å². The molecule has 0 aliphatic carbocycles. The van der Waals surface area contributed by atoms with E-state index in [1.807, 2.05) is 61.8 Å². The van der Waals surface area contributed by atoms with Gasteiger partial charge in [-0.15, -0.1) is 10.2 Å². The molecule has 1 N–H and O–H groups in total. The topological polar surface area (TPSA) is 72.3 Å². The van der Waals surface area contributed by atoms with Gasteiger partial charge in [-0.3, -0.25) is 4.79 Å². The monoisotopic (exact) mass is 347 g/mol. The lowest BCUT2D eigenvalue weighted by molar-refractivity contribution is -0.142. The van der Waals surface area contributed by atoms with Crippen LogP contribution in [-0.2, 0) is 9.53 Å². The molecule has 8 heteroatoms. The fourth-order valence-corrected chi connectivity index (χ4v) is 3.72. The first kappa shape index (κ1) is 16.6. The van der Waals surface area contributed by atoms with Gasteiger partial charge >= 0.3 is 5.97 Å². The zero-order valence-electron chi connectivity index (χ0n) is 14.2. The first-order valence-corrected chi connectivity index (χ1v) is 8.68. The van der Waals surface area contributed by atoms with Crippen molar-refractivity contribution in [3.05, 3.63) is 35.7 Å². The molecular weight excluding hydrogens is 326 g/mol. The summed E-state index contributed by atoms with van der Waals surface area (Å²) in [4.78, 5) is 14.5. The number of aromatic nitrogens is 3. The number of nitrogens with one attached hydrogen (secondary N) is 1. The van der Waals surface area contributed by atoms with Crippen molar-refractivity contribution >= 4 is 23.4 Å². The maximum absolute atomic E-state index is 12.4. The number of hydrogen-bond acceptors (Lipinski definition) is 7. The normalized spacial score (nSPS) is 19.3. The van der Waals surface area contributed by atoms with Crippen LogP contribution in [0.25, 0.3) is 0 Å². The Hall–Kier alpha value is -2.22. The SMILES string of the molecule is CCOC(=O)[C@H]1Sc2nnc(C)n2N[C@H]1c1ccc(N(C)C)cc1. The number of nitrogens with zero attached hydrogens (tertiary/aromatic N) is 4. The summed E-state index contributed by atoms with van der Waals surface area (Å²) in [5.74, 6) is 0.512. The second kappa shape index (κ2) is 6.72. The van der Waals surface area contributed by atoms with Gasteiger partial charge in [-0.05, 0) is 31.5 Å². The predicted octanol–water partition coefficient (Wildman–Crippen LogP) is 1.97. The molecule has 0 bridgehead atoms. The Morgan fingerprint density at radius 3 is 2.67 bits per heavy atom. The van der Waals surface area contributed by atoms with Crippen LogP contribution < -0.4 is 10.3 Å². The molecule has 2 heterocycles. The second-order valence-corrected chi connectivity index (χ2v) is 6.86. The maximum atomic E-state index is 12.4. The lowest BCUT2D eigenvalue weighted by atomic mass is 10.0. The maximum Gasteiger partial charge on any atom is 0.322 e. The third-order valence-electron chi connectivity index (χ3n) is 3.89. The summed E-state index contributed by atoms with van der Waals surface area (Å²) in [7, 11) is 4.00. The molecule has 1 aliphatic heterocycles. The fraction of sp³-hybridized carbons (Fsp3) is 0.438. The lowest BCUT2D eigenvalue weighted by Crippen LogP contribution is -2.39. The summed E-state index contributed by atoms with van der Waals surface area (Å²) in [6.07, 6.45) is 0. The van der Waals surface area contributed by atoms with Crippen molar-refractivity contribution in [3.63, 3.8) is 0 Å². The summed E-state index contributed by atoms with van der Waals surface area (Å²) in [5.41, 5.74) is 5.48. The summed E-state index contributed by atoms with van der Waals surface area (Å²) in [6.45, 7) is 4.04. The first-order valence-electron chi connectivity index (χ1n) is 7.80. The largest absolute Gasteiger partial charge is 0.465 e. The van der Waals surface area contributed by atoms with Crippen molar-refractivity contribution < 1.29 is 9.53 Å². The molecule has 24 heavy (non-hydrogen) atoms. The van der Waals surface area contributed by atoms with E-state index in [4.69, 9.17) is 4.74 Å². The lowest BCUT2D eigenvalue weighted by Gasteiger charge is -2.32. The Kier molecular flexibility index (Phi) is 4.66. The quantitative estimate of drug-likeness (QED) is 0.848. The number of thioether (sulfide) groups is 1. The number of carbonyl (C=O) groups is 1. The van der Waals surface area contributed by atoms with E-state index in [1.54, 1.807) is 0 Å². The van der Waals surface area contributed by atoms with Gasteiger partial charge in [-0.1, -0.05) is 23.9 Å². The summed E-state index contributed by atoms with van der Waals surface area (Å²) in [6, 6.07) is 7.93. The van der Waals surface area contributed by atoms with Crippen molar-refractivity contribution in [1.29, 1.82) is 0 Å². The zero-order valence-corrected chi connectivity index (χ0v) is 15.0. The average Bonchev–Trinajstić information content (AvgIpc) is 2.94. The number of anilines is 1. The molecule has 0 spiro atoms. The molecule has 0 unspecified atom stereocenters. The number of carbonyl (C=O) groups excluding carboxylic acids is 1. The van der Waals surface area contributed by atoms with Crippen LogP contribution in [0.2, 0.25) is 0 Å². The third-order valence-corrected chi connectivity index (χ3v) is 5.08. The van der Waals surface area contributed by atoms with E-state index in [0.29, 0.717) is 11.8 Å². The van der Waals surface area contributed by atoms with Gasteiger partial charge in [0.15, 0.2) is 0 Å². The molecule has 0 saturated carbocycles. The number of benzene rings is 1. The Morgan fingerprint density at radius 1 is 1.33 bits per heavy atom. The van der Waals surface area contributed by atoms with E-state index >= 15 is 0 Å². The minimum Gasteiger partial charge on any atom is -0.465 e. The molecule has 1 aliphatic rings. The highest BCUT2D eigenvalue weighted by Gasteiger charge is 2.38. The molecule has 0 radical (unpaired) electrons. The van der Waals surface area contributed by atoms with Gasteiger partial charge in [0.05, 0.1) is 12.6 Å². The molecule has 1 aromatic heterocycles. The number of rotatable bonds is 4. The van der Waals surface area contributed by atoms with Gasteiger partial charge in [0.25, 0.3) is 0 Å². The van der Waals surface area contributed by atoms with Crippen molar-refractivity contribution in [2.45, 2.75) is 30.3 Å². The molecule has 1 aromatic carbocycles. The summed E-state index contributed by atoms with van der Waals surface area (Å²) >= 11 is 1.38. The van der Waals surface area contributed by atoms with Crippen molar-refractivity contribution in [3.8, 4) is 0 Å². The smallest absolute Gasteiger partial charge is 0.322 e. The van der Waals surface area contributed by atoms with Gasteiger partial charge in [-0.25, -0.2) is 4.68 Å². The third kappa shape index (κ3) is 3.06. The van der Waals surface area contributed by atoms with Crippen LogP contribution in [0.1, 0.15) is 24.4 Å². The molecule has 128 valence electrons. The highest BCUT2D eigenvalue weighted by atomic mass is 32.2. The number of esters is 1. The minimum atomic E-state index is -0.411. The van der Waals surface area contributed by atoms with E-state index < -0.39 is 5.25 Å².